The number of nitrogens with zero attached hydrogens (tertiary/aromatic N) is 1. The standard InChI is InChI=1S/C13H16N2O4S/c1-15-11-8-10(6-7-12(11)19-13(15)16)20(17,18)14-9-4-2-3-5-9/h6-9,14H,2-5H2,1H3. The highest BCUT2D eigenvalue weighted by Crippen LogP contribution is 2.22. The Balaban J connectivity index is 2.00. The molecule has 1 aliphatic carbocycles. The van der Waals surface area contributed by atoms with E-state index < -0.39 is 15.8 Å². The van der Waals surface area contributed by atoms with Gasteiger partial charge >= 0.3 is 5.76 Å². The van der Waals surface area contributed by atoms with Gasteiger partial charge in [-0.15, -0.1) is 0 Å². The Morgan fingerprint density at radius 2 is 2.00 bits per heavy atom. The lowest BCUT2D eigenvalue weighted by Gasteiger charge is -2.12. The fourth-order valence-electron chi connectivity index (χ4n) is 2.60. The van der Waals surface area contributed by atoms with Gasteiger partial charge in [-0.2, -0.15) is 0 Å². The maximum atomic E-state index is 12.3. The van der Waals surface area contributed by atoms with E-state index in [4.69, 9.17) is 4.42 Å². The lowest BCUT2D eigenvalue weighted by Crippen LogP contribution is -2.32. The molecule has 108 valence electrons. The highest BCUT2D eigenvalue weighted by atomic mass is 32.2. The second kappa shape index (κ2) is 4.75. The fraction of sp³-hybridized carbons (Fsp3) is 0.462. The number of oxazole rings is 1. The topological polar surface area (TPSA) is 81.3 Å². The Morgan fingerprint density at radius 1 is 1.30 bits per heavy atom. The molecule has 20 heavy (non-hydrogen) atoms. The predicted molar refractivity (Wildman–Crippen MR) is 74.0 cm³/mol. The SMILES string of the molecule is Cn1c(=O)oc2ccc(S(=O)(=O)NC3CCCC3)cc21. The summed E-state index contributed by atoms with van der Waals surface area (Å²) < 4.78 is 33.6. The predicted octanol–water partition coefficient (Wildman–Crippen LogP) is 1.35. The first-order chi connectivity index (χ1) is 9.47. The van der Waals surface area contributed by atoms with Crippen LogP contribution in [0.5, 0.6) is 0 Å². The molecule has 0 amide bonds. The van der Waals surface area contributed by atoms with E-state index in [0.29, 0.717) is 11.1 Å². The summed E-state index contributed by atoms with van der Waals surface area (Å²) in [5.41, 5.74) is 0.863. The number of benzene rings is 1. The molecule has 0 atom stereocenters. The van der Waals surface area contributed by atoms with Gasteiger partial charge in [0, 0.05) is 13.1 Å². The van der Waals surface area contributed by atoms with Crippen LogP contribution < -0.4 is 10.5 Å². The summed E-state index contributed by atoms with van der Waals surface area (Å²) in [4.78, 5) is 11.6. The Kier molecular flexibility index (Phi) is 3.18. The van der Waals surface area contributed by atoms with E-state index in [-0.39, 0.29) is 10.9 Å². The molecule has 0 unspecified atom stereocenters. The van der Waals surface area contributed by atoms with Crippen molar-refractivity contribution in [2.75, 3.05) is 0 Å². The molecular weight excluding hydrogens is 280 g/mol. The average molecular weight is 296 g/mol. The van der Waals surface area contributed by atoms with E-state index in [1.807, 2.05) is 0 Å². The second-order valence-corrected chi connectivity index (χ2v) is 6.87. The third-order valence-electron chi connectivity index (χ3n) is 3.75. The van der Waals surface area contributed by atoms with E-state index in [1.54, 1.807) is 7.05 Å². The minimum Gasteiger partial charge on any atom is -0.408 e. The van der Waals surface area contributed by atoms with Gasteiger partial charge < -0.3 is 4.42 Å². The van der Waals surface area contributed by atoms with Gasteiger partial charge in [0.2, 0.25) is 10.0 Å². The maximum absolute atomic E-state index is 12.3. The van der Waals surface area contributed by atoms with E-state index in [0.717, 1.165) is 25.7 Å². The molecule has 2 aromatic rings. The number of hydrogen-bond donors (Lipinski definition) is 1. The Hall–Kier alpha value is -1.60. The van der Waals surface area contributed by atoms with Crippen LogP contribution in [0.3, 0.4) is 0 Å². The largest absolute Gasteiger partial charge is 0.419 e. The quantitative estimate of drug-likeness (QED) is 0.927. The van der Waals surface area contributed by atoms with E-state index in [9.17, 15) is 13.2 Å². The van der Waals surface area contributed by atoms with Crippen molar-refractivity contribution in [3.63, 3.8) is 0 Å². The highest BCUT2D eigenvalue weighted by molar-refractivity contribution is 7.89. The van der Waals surface area contributed by atoms with Gasteiger partial charge in [-0.05, 0) is 31.0 Å². The van der Waals surface area contributed by atoms with Gasteiger partial charge in [0.25, 0.3) is 0 Å². The van der Waals surface area contributed by atoms with Crippen molar-refractivity contribution in [2.45, 2.75) is 36.6 Å². The number of hydrogen-bond acceptors (Lipinski definition) is 4. The molecule has 0 spiro atoms. The third-order valence-corrected chi connectivity index (χ3v) is 5.27. The van der Waals surface area contributed by atoms with E-state index in [1.165, 1.54) is 22.8 Å². The maximum Gasteiger partial charge on any atom is 0.419 e. The first-order valence-electron chi connectivity index (χ1n) is 6.59. The van der Waals surface area contributed by atoms with Crippen molar-refractivity contribution >= 4 is 21.1 Å². The molecule has 3 rings (SSSR count). The molecule has 1 aromatic heterocycles. The zero-order valence-corrected chi connectivity index (χ0v) is 11.9. The van der Waals surface area contributed by atoms with Crippen molar-refractivity contribution in [1.82, 2.24) is 9.29 Å². The van der Waals surface area contributed by atoms with Gasteiger partial charge in [-0.1, -0.05) is 12.8 Å². The summed E-state index contributed by atoms with van der Waals surface area (Å²) >= 11 is 0. The zero-order valence-electron chi connectivity index (χ0n) is 11.1. The van der Waals surface area contributed by atoms with Crippen LogP contribution in [0.15, 0.2) is 32.3 Å². The molecular formula is C13H16N2O4S. The number of fused-ring (bicyclic) bond motifs is 1. The normalized spacial score (nSPS) is 17.1. The highest BCUT2D eigenvalue weighted by Gasteiger charge is 2.23. The molecule has 1 aromatic carbocycles. The summed E-state index contributed by atoms with van der Waals surface area (Å²) in [6.45, 7) is 0. The summed E-state index contributed by atoms with van der Waals surface area (Å²) in [7, 11) is -2.00. The molecule has 0 aliphatic heterocycles. The van der Waals surface area contributed by atoms with Crippen LogP contribution in [-0.4, -0.2) is 19.0 Å². The van der Waals surface area contributed by atoms with Gasteiger partial charge in [-0.25, -0.2) is 17.9 Å². The molecule has 1 N–H and O–H groups in total. The molecule has 0 bridgehead atoms. The monoisotopic (exact) mass is 296 g/mol. The summed E-state index contributed by atoms with van der Waals surface area (Å²) in [5.74, 6) is -0.502. The van der Waals surface area contributed by atoms with Crippen LogP contribution >= 0.6 is 0 Å². The Morgan fingerprint density at radius 3 is 2.70 bits per heavy atom. The number of aryl methyl sites for hydroxylation is 1. The van der Waals surface area contributed by atoms with E-state index >= 15 is 0 Å². The van der Waals surface area contributed by atoms with Crippen LogP contribution in [-0.2, 0) is 17.1 Å². The first kappa shape index (κ1) is 13.4. The third kappa shape index (κ3) is 2.27. The molecule has 6 nitrogen and oxygen atoms in total. The van der Waals surface area contributed by atoms with Crippen LogP contribution in [0.2, 0.25) is 0 Å². The molecule has 0 saturated heterocycles. The number of rotatable bonds is 3. The van der Waals surface area contributed by atoms with Crippen molar-refractivity contribution in [3.05, 3.63) is 28.7 Å². The van der Waals surface area contributed by atoms with Crippen LogP contribution in [0.25, 0.3) is 11.1 Å². The zero-order chi connectivity index (χ0) is 14.3. The summed E-state index contributed by atoms with van der Waals surface area (Å²) in [6.07, 6.45) is 3.88. The lowest BCUT2D eigenvalue weighted by molar-refractivity contribution is 0.528. The molecule has 1 fully saturated rings. The van der Waals surface area contributed by atoms with Crippen LogP contribution in [0.1, 0.15) is 25.7 Å². The average Bonchev–Trinajstić information content (AvgIpc) is 2.98. The van der Waals surface area contributed by atoms with Crippen molar-refractivity contribution < 1.29 is 12.8 Å². The summed E-state index contributed by atoms with van der Waals surface area (Å²) in [5, 5.41) is 0. The Bertz CT molecular complexity index is 797. The molecule has 0 radical (unpaired) electrons. The van der Waals surface area contributed by atoms with Crippen molar-refractivity contribution in [2.24, 2.45) is 7.05 Å². The van der Waals surface area contributed by atoms with Gasteiger partial charge in [-0.3, -0.25) is 4.57 Å². The second-order valence-electron chi connectivity index (χ2n) is 5.16. The van der Waals surface area contributed by atoms with E-state index in [2.05, 4.69) is 4.72 Å². The number of aromatic nitrogens is 1. The van der Waals surface area contributed by atoms with Crippen LogP contribution in [0, 0.1) is 0 Å². The van der Waals surface area contributed by atoms with Crippen LogP contribution in [0.4, 0.5) is 0 Å². The van der Waals surface area contributed by atoms with Gasteiger partial charge in [0.05, 0.1) is 10.4 Å². The van der Waals surface area contributed by atoms with Crippen molar-refractivity contribution in [3.8, 4) is 0 Å². The minimum absolute atomic E-state index is 0.0175. The molecule has 1 heterocycles. The molecule has 1 aliphatic rings. The smallest absolute Gasteiger partial charge is 0.408 e. The number of sulfonamides is 1. The first-order valence-corrected chi connectivity index (χ1v) is 8.07. The summed E-state index contributed by atoms with van der Waals surface area (Å²) in [6, 6.07) is 4.46. The van der Waals surface area contributed by atoms with Crippen molar-refractivity contribution in [1.29, 1.82) is 0 Å². The lowest BCUT2D eigenvalue weighted by atomic mass is 10.3. The fourth-order valence-corrected chi connectivity index (χ4v) is 3.93. The number of nitrogens with one attached hydrogen (secondary N) is 1. The van der Waals surface area contributed by atoms with Gasteiger partial charge in [0.15, 0.2) is 5.58 Å². The van der Waals surface area contributed by atoms with Gasteiger partial charge in [0.1, 0.15) is 0 Å². The Labute approximate surface area is 116 Å². The minimum atomic E-state index is -3.55. The molecule has 7 heteroatoms. The molecule has 1 saturated carbocycles.